The summed E-state index contributed by atoms with van der Waals surface area (Å²) in [5.41, 5.74) is 2.19. The topological polar surface area (TPSA) is 67.2 Å². The Morgan fingerprint density at radius 1 is 1.32 bits per heavy atom. The number of amides is 1. The number of pyridine rings is 1. The Balaban J connectivity index is 1.67. The third-order valence-electron chi connectivity index (χ3n) is 4.71. The molecule has 0 saturated carbocycles. The minimum Gasteiger partial charge on any atom is -0.330 e. The number of benzene rings is 1. The van der Waals surface area contributed by atoms with Gasteiger partial charge in [0.25, 0.3) is 0 Å². The number of rotatable bonds is 3. The summed E-state index contributed by atoms with van der Waals surface area (Å²) in [7, 11) is 3.35. The maximum atomic E-state index is 13.3. The molecular weight excluding hydrogens is 396 g/mol. The van der Waals surface area contributed by atoms with E-state index in [2.05, 4.69) is 10.3 Å². The lowest BCUT2D eigenvalue weighted by Crippen LogP contribution is -2.34. The molecule has 1 aliphatic heterocycles. The minimum atomic E-state index is -0.334. The highest BCUT2D eigenvalue weighted by atomic mass is 35.5. The molecule has 1 fully saturated rings. The number of hydrogen-bond donors (Lipinski definition) is 1. The number of nitrogens with one attached hydrogen (secondary N) is 1. The fourth-order valence-corrected chi connectivity index (χ4v) is 4.70. The standard InChI is InChI=1S/C20H19ClN4O2S/c1-24(2)20(27)25-10-15(14-6-5-13(21)8-17(14)25)18(26)16-11-28-19(23-16)12-4-3-7-22-9-12/h3-10,16,19,23H,11H2,1-2H3/t16-,19?/m0/s1. The molecule has 1 aromatic carbocycles. The first-order chi connectivity index (χ1) is 13.5. The van der Waals surface area contributed by atoms with Crippen molar-refractivity contribution in [2.45, 2.75) is 11.4 Å². The lowest BCUT2D eigenvalue weighted by molar-refractivity contribution is 0.0957. The Morgan fingerprint density at radius 3 is 2.86 bits per heavy atom. The van der Waals surface area contributed by atoms with Gasteiger partial charge in [0.05, 0.1) is 16.9 Å². The summed E-state index contributed by atoms with van der Waals surface area (Å²) in [6.07, 6.45) is 5.16. The number of halogens is 1. The number of Topliss-reactive ketones (excluding diaryl/α,β-unsaturated/α-hetero) is 1. The molecule has 3 aromatic rings. The van der Waals surface area contributed by atoms with Crippen molar-refractivity contribution >= 4 is 46.1 Å². The molecule has 2 aromatic heterocycles. The second-order valence-electron chi connectivity index (χ2n) is 6.83. The van der Waals surface area contributed by atoms with Gasteiger partial charge in [-0.1, -0.05) is 23.7 Å². The van der Waals surface area contributed by atoms with E-state index in [1.165, 1.54) is 9.47 Å². The largest absolute Gasteiger partial charge is 0.330 e. The molecule has 2 atom stereocenters. The van der Waals surface area contributed by atoms with E-state index >= 15 is 0 Å². The van der Waals surface area contributed by atoms with Crippen molar-refractivity contribution in [2.75, 3.05) is 19.8 Å². The van der Waals surface area contributed by atoms with Crippen molar-refractivity contribution in [2.24, 2.45) is 0 Å². The molecule has 0 bridgehead atoms. The molecule has 6 nitrogen and oxygen atoms in total. The van der Waals surface area contributed by atoms with Gasteiger partial charge in [-0.3, -0.25) is 19.7 Å². The van der Waals surface area contributed by atoms with Gasteiger partial charge in [0.1, 0.15) is 0 Å². The number of thioether (sulfide) groups is 1. The Morgan fingerprint density at radius 2 is 2.14 bits per heavy atom. The lowest BCUT2D eigenvalue weighted by Gasteiger charge is -2.12. The van der Waals surface area contributed by atoms with Crippen LogP contribution in [0.4, 0.5) is 4.79 Å². The Kier molecular flexibility index (Phi) is 5.14. The molecule has 4 rings (SSSR count). The number of carbonyl (C=O) groups excluding carboxylic acids is 2. The van der Waals surface area contributed by atoms with Crippen LogP contribution in [0.3, 0.4) is 0 Å². The van der Waals surface area contributed by atoms with Crippen molar-refractivity contribution < 1.29 is 9.59 Å². The van der Waals surface area contributed by atoms with E-state index in [-0.39, 0.29) is 23.2 Å². The van der Waals surface area contributed by atoms with Crippen molar-refractivity contribution in [3.05, 3.63) is 65.1 Å². The van der Waals surface area contributed by atoms with Gasteiger partial charge in [-0.2, -0.15) is 0 Å². The quantitative estimate of drug-likeness (QED) is 0.660. The molecular formula is C20H19ClN4O2S. The Hall–Kier alpha value is -2.35. The highest BCUT2D eigenvalue weighted by Gasteiger charge is 2.33. The second kappa shape index (κ2) is 7.58. The molecule has 3 heterocycles. The van der Waals surface area contributed by atoms with E-state index < -0.39 is 0 Å². The van der Waals surface area contributed by atoms with Crippen molar-refractivity contribution in [3.63, 3.8) is 0 Å². The van der Waals surface area contributed by atoms with E-state index in [1.807, 2.05) is 12.1 Å². The first kappa shape index (κ1) is 19.0. The molecule has 0 aliphatic carbocycles. The molecule has 1 unspecified atom stereocenters. The van der Waals surface area contributed by atoms with Crippen LogP contribution in [0.2, 0.25) is 5.02 Å². The van der Waals surface area contributed by atoms with Crippen LogP contribution in [0.1, 0.15) is 21.3 Å². The van der Waals surface area contributed by atoms with Crippen LogP contribution in [0.25, 0.3) is 10.9 Å². The minimum absolute atomic E-state index is 0.0221. The molecule has 144 valence electrons. The number of hydrogen-bond acceptors (Lipinski definition) is 5. The number of carbonyl (C=O) groups is 2. The number of ketones is 1. The molecule has 1 saturated heterocycles. The summed E-state index contributed by atoms with van der Waals surface area (Å²) in [5, 5.41) is 4.65. The first-order valence-electron chi connectivity index (χ1n) is 8.80. The SMILES string of the molecule is CN(C)C(=O)n1cc(C(=O)[C@@H]2CSC(c3cccnc3)N2)c2ccc(Cl)cc21. The van der Waals surface area contributed by atoms with E-state index in [1.54, 1.807) is 62.6 Å². The smallest absolute Gasteiger partial charge is 0.328 e. The molecule has 0 radical (unpaired) electrons. The van der Waals surface area contributed by atoms with E-state index in [0.717, 1.165) is 10.9 Å². The third-order valence-corrected chi connectivity index (χ3v) is 6.21. The second-order valence-corrected chi connectivity index (χ2v) is 8.41. The van der Waals surface area contributed by atoms with E-state index in [9.17, 15) is 9.59 Å². The van der Waals surface area contributed by atoms with Gasteiger partial charge in [0.2, 0.25) is 0 Å². The molecule has 1 N–H and O–H groups in total. The highest BCUT2D eigenvalue weighted by Crippen LogP contribution is 2.34. The van der Waals surface area contributed by atoms with Crippen LogP contribution in [0, 0.1) is 0 Å². The summed E-state index contributed by atoms with van der Waals surface area (Å²) < 4.78 is 1.48. The van der Waals surface area contributed by atoms with Crippen LogP contribution in [-0.2, 0) is 0 Å². The predicted octanol–water partition coefficient (Wildman–Crippen LogP) is 3.81. The summed E-state index contributed by atoms with van der Waals surface area (Å²) in [4.78, 5) is 31.5. The summed E-state index contributed by atoms with van der Waals surface area (Å²) in [6.45, 7) is 0. The molecule has 1 amide bonds. The predicted molar refractivity (Wildman–Crippen MR) is 112 cm³/mol. The van der Waals surface area contributed by atoms with Gasteiger partial charge in [-0.05, 0) is 23.8 Å². The zero-order chi connectivity index (χ0) is 19.8. The molecule has 8 heteroatoms. The van der Waals surface area contributed by atoms with Gasteiger partial charge in [0, 0.05) is 54.4 Å². The maximum absolute atomic E-state index is 13.3. The average Bonchev–Trinajstić information content (AvgIpc) is 3.32. The van der Waals surface area contributed by atoms with Crippen molar-refractivity contribution in [3.8, 4) is 0 Å². The third kappa shape index (κ3) is 3.41. The van der Waals surface area contributed by atoms with Crippen LogP contribution in [-0.4, -0.2) is 52.2 Å². The van der Waals surface area contributed by atoms with Crippen LogP contribution in [0.5, 0.6) is 0 Å². The molecule has 28 heavy (non-hydrogen) atoms. The maximum Gasteiger partial charge on any atom is 0.328 e. The normalized spacial score (nSPS) is 19.1. The Bertz CT molecular complexity index is 1050. The summed E-state index contributed by atoms with van der Waals surface area (Å²) >= 11 is 7.81. The van der Waals surface area contributed by atoms with Crippen LogP contribution < -0.4 is 5.32 Å². The summed E-state index contributed by atoms with van der Waals surface area (Å²) in [6, 6.07) is 8.56. The van der Waals surface area contributed by atoms with Gasteiger partial charge < -0.3 is 4.90 Å². The van der Waals surface area contributed by atoms with Crippen molar-refractivity contribution in [1.82, 2.24) is 19.8 Å². The fourth-order valence-electron chi connectivity index (χ4n) is 3.30. The average molecular weight is 415 g/mol. The highest BCUT2D eigenvalue weighted by molar-refractivity contribution is 7.99. The van der Waals surface area contributed by atoms with Crippen LogP contribution >= 0.6 is 23.4 Å². The zero-order valence-electron chi connectivity index (χ0n) is 15.4. The zero-order valence-corrected chi connectivity index (χ0v) is 17.0. The monoisotopic (exact) mass is 414 g/mol. The van der Waals surface area contributed by atoms with Crippen LogP contribution in [0.15, 0.2) is 48.9 Å². The van der Waals surface area contributed by atoms with Gasteiger partial charge in [-0.15, -0.1) is 11.8 Å². The van der Waals surface area contributed by atoms with E-state index in [4.69, 9.17) is 11.6 Å². The van der Waals surface area contributed by atoms with Crippen molar-refractivity contribution in [1.29, 1.82) is 0 Å². The lowest BCUT2D eigenvalue weighted by atomic mass is 10.0. The number of nitrogens with zero attached hydrogens (tertiary/aromatic N) is 3. The summed E-state index contributed by atoms with van der Waals surface area (Å²) in [5.74, 6) is 0.622. The Labute approximate surface area is 171 Å². The van der Waals surface area contributed by atoms with Gasteiger partial charge in [-0.25, -0.2) is 4.79 Å². The number of aromatic nitrogens is 2. The van der Waals surface area contributed by atoms with Gasteiger partial charge >= 0.3 is 6.03 Å². The molecule has 0 spiro atoms. The molecule has 1 aliphatic rings. The fraction of sp³-hybridized carbons (Fsp3) is 0.250. The number of fused-ring (bicyclic) bond motifs is 1. The van der Waals surface area contributed by atoms with E-state index in [0.29, 0.717) is 21.9 Å². The first-order valence-corrected chi connectivity index (χ1v) is 10.2. The van der Waals surface area contributed by atoms with Gasteiger partial charge in [0.15, 0.2) is 5.78 Å².